The van der Waals surface area contributed by atoms with Crippen LogP contribution < -0.4 is 14.8 Å². The molecule has 2 N–H and O–H groups in total. The van der Waals surface area contributed by atoms with Gasteiger partial charge in [-0.05, 0) is 24.6 Å². The summed E-state index contributed by atoms with van der Waals surface area (Å²) in [6, 6.07) is 5.17. The number of amides is 1. The molecule has 21 heavy (non-hydrogen) atoms. The van der Waals surface area contributed by atoms with E-state index in [-0.39, 0.29) is 12.5 Å². The van der Waals surface area contributed by atoms with E-state index in [9.17, 15) is 4.79 Å². The van der Waals surface area contributed by atoms with Crippen LogP contribution in [0.15, 0.2) is 18.2 Å². The summed E-state index contributed by atoms with van der Waals surface area (Å²) >= 11 is 0. The summed E-state index contributed by atoms with van der Waals surface area (Å²) in [4.78, 5) is 14.1. The maximum absolute atomic E-state index is 12.3. The van der Waals surface area contributed by atoms with Crippen molar-refractivity contribution in [2.24, 2.45) is 0 Å². The largest absolute Gasteiger partial charge is 0.493 e. The molecule has 0 spiro atoms. The summed E-state index contributed by atoms with van der Waals surface area (Å²) in [5.74, 6) is 0.997. The molecule has 6 heteroatoms. The van der Waals surface area contributed by atoms with Gasteiger partial charge in [0.15, 0.2) is 17.6 Å². The summed E-state index contributed by atoms with van der Waals surface area (Å²) < 4.78 is 11.0. The Morgan fingerprint density at radius 1 is 1.38 bits per heavy atom. The molecule has 6 nitrogen and oxygen atoms in total. The number of hydrogen-bond acceptors (Lipinski definition) is 5. The van der Waals surface area contributed by atoms with Gasteiger partial charge in [0.05, 0.1) is 13.7 Å². The van der Waals surface area contributed by atoms with Crippen molar-refractivity contribution in [3.63, 3.8) is 0 Å². The van der Waals surface area contributed by atoms with Crippen LogP contribution >= 0.6 is 0 Å². The predicted molar refractivity (Wildman–Crippen MR) is 78.5 cm³/mol. The van der Waals surface area contributed by atoms with Gasteiger partial charge in [-0.1, -0.05) is 6.07 Å². The molecule has 0 saturated carbocycles. The zero-order chi connectivity index (χ0) is 15.2. The molecule has 1 fully saturated rings. The van der Waals surface area contributed by atoms with E-state index < -0.39 is 6.10 Å². The van der Waals surface area contributed by atoms with E-state index in [1.54, 1.807) is 30.0 Å². The van der Waals surface area contributed by atoms with Crippen molar-refractivity contribution in [3.8, 4) is 11.5 Å². The Bertz CT molecular complexity index is 487. The molecule has 0 aliphatic carbocycles. The fourth-order valence-corrected chi connectivity index (χ4v) is 2.29. The molecule has 0 bridgehead atoms. The van der Waals surface area contributed by atoms with E-state index in [0.29, 0.717) is 24.6 Å². The van der Waals surface area contributed by atoms with Crippen molar-refractivity contribution in [2.45, 2.75) is 19.6 Å². The smallest absolute Gasteiger partial charge is 0.263 e. The molecular weight excluding hydrogens is 272 g/mol. The van der Waals surface area contributed by atoms with Crippen molar-refractivity contribution in [1.82, 2.24) is 10.2 Å². The first-order valence-corrected chi connectivity index (χ1v) is 7.09. The minimum atomic E-state index is -0.572. The summed E-state index contributed by atoms with van der Waals surface area (Å²) in [6.45, 7) is 4.70. The zero-order valence-corrected chi connectivity index (χ0v) is 12.5. The normalized spacial score (nSPS) is 16.4. The number of nitrogens with zero attached hydrogens (tertiary/aromatic N) is 1. The van der Waals surface area contributed by atoms with Crippen molar-refractivity contribution >= 4 is 5.91 Å². The minimum Gasteiger partial charge on any atom is -0.493 e. The molecule has 0 aromatic heterocycles. The van der Waals surface area contributed by atoms with Crippen LogP contribution in [0.1, 0.15) is 12.5 Å². The van der Waals surface area contributed by atoms with Crippen LogP contribution in [0, 0.1) is 0 Å². The van der Waals surface area contributed by atoms with Crippen LogP contribution in [-0.2, 0) is 11.4 Å². The molecule has 1 aromatic rings. The molecule has 116 valence electrons. The molecule has 0 radical (unpaired) electrons. The lowest BCUT2D eigenvalue weighted by molar-refractivity contribution is -0.138. The number of piperazine rings is 1. The topological polar surface area (TPSA) is 71.0 Å². The second-order valence-electron chi connectivity index (χ2n) is 4.98. The molecule has 2 rings (SSSR count). The SMILES string of the molecule is COc1cc(CO)ccc1OC(C)C(=O)N1CCNCC1. The lowest BCUT2D eigenvalue weighted by Gasteiger charge is -2.30. The van der Waals surface area contributed by atoms with Gasteiger partial charge in [0, 0.05) is 26.2 Å². The van der Waals surface area contributed by atoms with Crippen LogP contribution in [-0.4, -0.2) is 55.3 Å². The first-order chi connectivity index (χ1) is 10.2. The van der Waals surface area contributed by atoms with Crippen molar-refractivity contribution < 1.29 is 19.4 Å². The Morgan fingerprint density at radius 3 is 2.71 bits per heavy atom. The number of benzene rings is 1. The molecule has 1 saturated heterocycles. The average Bonchev–Trinajstić information content (AvgIpc) is 2.55. The molecule has 1 aromatic carbocycles. The van der Waals surface area contributed by atoms with Crippen LogP contribution in [0.25, 0.3) is 0 Å². The molecule has 1 unspecified atom stereocenters. The van der Waals surface area contributed by atoms with E-state index in [4.69, 9.17) is 14.6 Å². The van der Waals surface area contributed by atoms with E-state index >= 15 is 0 Å². The van der Waals surface area contributed by atoms with Gasteiger partial charge in [0.2, 0.25) is 0 Å². The number of rotatable bonds is 5. The Hall–Kier alpha value is -1.79. The number of aliphatic hydroxyl groups is 1. The lowest BCUT2D eigenvalue weighted by atomic mass is 10.2. The quantitative estimate of drug-likeness (QED) is 0.822. The van der Waals surface area contributed by atoms with Crippen LogP contribution in [0.2, 0.25) is 0 Å². The monoisotopic (exact) mass is 294 g/mol. The first-order valence-electron chi connectivity index (χ1n) is 7.09. The minimum absolute atomic E-state index is 0.0233. The number of methoxy groups -OCH3 is 1. The highest BCUT2D eigenvalue weighted by Gasteiger charge is 2.24. The maximum atomic E-state index is 12.3. The Labute approximate surface area is 124 Å². The molecule has 1 heterocycles. The Morgan fingerprint density at radius 2 is 2.10 bits per heavy atom. The molecule has 1 atom stereocenters. The number of carbonyl (C=O) groups excluding carboxylic acids is 1. The van der Waals surface area contributed by atoms with Crippen molar-refractivity contribution in [3.05, 3.63) is 23.8 Å². The third-order valence-electron chi connectivity index (χ3n) is 3.49. The summed E-state index contributed by atoms with van der Waals surface area (Å²) in [5, 5.41) is 12.3. The van der Waals surface area contributed by atoms with Crippen molar-refractivity contribution in [2.75, 3.05) is 33.3 Å². The number of hydrogen-bond donors (Lipinski definition) is 2. The van der Waals surface area contributed by atoms with E-state index in [2.05, 4.69) is 5.32 Å². The number of aliphatic hydroxyl groups excluding tert-OH is 1. The molecular formula is C15H22N2O4. The Balaban J connectivity index is 2.04. The van der Waals surface area contributed by atoms with Gasteiger partial charge in [-0.15, -0.1) is 0 Å². The van der Waals surface area contributed by atoms with Gasteiger partial charge < -0.3 is 24.8 Å². The highest BCUT2D eigenvalue weighted by atomic mass is 16.5. The van der Waals surface area contributed by atoms with Gasteiger partial charge >= 0.3 is 0 Å². The van der Waals surface area contributed by atoms with E-state index in [1.165, 1.54) is 7.11 Å². The highest BCUT2D eigenvalue weighted by molar-refractivity contribution is 5.81. The van der Waals surface area contributed by atoms with Gasteiger partial charge in [-0.3, -0.25) is 4.79 Å². The highest BCUT2D eigenvalue weighted by Crippen LogP contribution is 2.29. The number of carbonyl (C=O) groups is 1. The third kappa shape index (κ3) is 3.86. The second kappa shape index (κ2) is 7.28. The van der Waals surface area contributed by atoms with Crippen LogP contribution in [0.3, 0.4) is 0 Å². The van der Waals surface area contributed by atoms with Crippen LogP contribution in [0.4, 0.5) is 0 Å². The van der Waals surface area contributed by atoms with Gasteiger partial charge in [0.25, 0.3) is 5.91 Å². The Kier molecular flexibility index (Phi) is 5.41. The number of nitrogens with one attached hydrogen (secondary N) is 1. The fraction of sp³-hybridized carbons (Fsp3) is 0.533. The molecule has 1 aliphatic rings. The zero-order valence-electron chi connectivity index (χ0n) is 12.5. The van der Waals surface area contributed by atoms with Gasteiger partial charge in [-0.2, -0.15) is 0 Å². The standard InChI is InChI=1S/C15H22N2O4/c1-11(15(19)17-7-5-16-6-8-17)21-13-4-3-12(10-18)9-14(13)20-2/h3-4,9,11,16,18H,5-8,10H2,1-2H3. The van der Waals surface area contributed by atoms with Gasteiger partial charge in [-0.25, -0.2) is 0 Å². The average molecular weight is 294 g/mol. The van der Waals surface area contributed by atoms with Crippen molar-refractivity contribution in [1.29, 1.82) is 0 Å². The lowest BCUT2D eigenvalue weighted by Crippen LogP contribution is -2.50. The van der Waals surface area contributed by atoms with E-state index in [1.807, 2.05) is 0 Å². The summed E-state index contributed by atoms with van der Waals surface area (Å²) in [6.07, 6.45) is -0.572. The molecule has 1 amide bonds. The maximum Gasteiger partial charge on any atom is 0.263 e. The fourth-order valence-electron chi connectivity index (χ4n) is 2.29. The molecule has 1 aliphatic heterocycles. The second-order valence-corrected chi connectivity index (χ2v) is 4.98. The summed E-state index contributed by atoms with van der Waals surface area (Å²) in [5.41, 5.74) is 0.736. The van der Waals surface area contributed by atoms with Gasteiger partial charge in [0.1, 0.15) is 0 Å². The van der Waals surface area contributed by atoms with Crippen LogP contribution in [0.5, 0.6) is 11.5 Å². The number of ether oxygens (including phenoxy) is 2. The third-order valence-corrected chi connectivity index (χ3v) is 3.49. The summed E-state index contributed by atoms with van der Waals surface area (Å²) in [7, 11) is 1.53. The van der Waals surface area contributed by atoms with E-state index in [0.717, 1.165) is 18.7 Å². The first kappa shape index (κ1) is 15.6. The predicted octanol–water partition coefficient (Wildman–Crippen LogP) is 0.387.